The lowest BCUT2D eigenvalue weighted by Gasteiger charge is -2.34. The molecule has 0 aliphatic carbocycles. The second-order valence-corrected chi connectivity index (χ2v) is 12.6. The van der Waals surface area contributed by atoms with E-state index in [1.165, 1.54) is 43.4 Å². The highest BCUT2D eigenvalue weighted by Crippen LogP contribution is 2.34. The molecule has 2 amide bonds. The number of nitrogens with one attached hydrogen (secondary N) is 1. The zero-order chi connectivity index (χ0) is 31.7. The Kier molecular flexibility index (Phi) is 12.1. The summed E-state index contributed by atoms with van der Waals surface area (Å²) in [5, 5.41) is 3.68. The first kappa shape index (κ1) is 34.0. The van der Waals surface area contributed by atoms with E-state index in [4.69, 9.17) is 32.7 Å². The van der Waals surface area contributed by atoms with Gasteiger partial charge < -0.3 is 19.7 Å². The van der Waals surface area contributed by atoms with Gasteiger partial charge in [-0.15, -0.1) is 0 Å². The molecule has 2 atom stereocenters. The highest BCUT2D eigenvalue weighted by molar-refractivity contribution is 7.92. The number of methoxy groups -OCH3 is 2. The van der Waals surface area contributed by atoms with E-state index in [1.807, 2.05) is 13.8 Å². The molecule has 0 saturated carbocycles. The Morgan fingerprint density at radius 3 is 2.16 bits per heavy atom. The SMILES string of the molecule is CCC(C)NC(=O)C(CC)N(Cc1ccc(Cl)cc1Cl)C(=O)CN(c1ccc(OC)c(OC)c1)S(=O)(=O)c1ccccc1. The molecular weight excluding hydrogens is 613 g/mol. The first-order valence-corrected chi connectivity index (χ1v) is 16.0. The minimum absolute atomic E-state index is 0.00793. The molecule has 2 unspecified atom stereocenters. The third kappa shape index (κ3) is 8.34. The molecule has 43 heavy (non-hydrogen) atoms. The Balaban J connectivity index is 2.13. The van der Waals surface area contributed by atoms with Gasteiger partial charge in [-0.1, -0.05) is 61.3 Å². The van der Waals surface area contributed by atoms with Gasteiger partial charge >= 0.3 is 0 Å². The second-order valence-electron chi connectivity index (χ2n) is 9.86. The normalized spacial score (nSPS) is 12.6. The molecule has 0 radical (unpaired) electrons. The lowest BCUT2D eigenvalue weighted by Crippen LogP contribution is -2.53. The van der Waals surface area contributed by atoms with Gasteiger partial charge in [0.1, 0.15) is 12.6 Å². The fraction of sp³-hybridized carbons (Fsp3) is 0.355. The average Bonchev–Trinajstić information content (AvgIpc) is 3.00. The van der Waals surface area contributed by atoms with Crippen LogP contribution in [0.2, 0.25) is 10.0 Å². The maximum atomic E-state index is 14.2. The van der Waals surface area contributed by atoms with Crippen LogP contribution < -0.4 is 19.1 Å². The summed E-state index contributed by atoms with van der Waals surface area (Å²) in [6, 6.07) is 16.2. The molecule has 0 aliphatic heterocycles. The van der Waals surface area contributed by atoms with Gasteiger partial charge in [0.05, 0.1) is 24.8 Å². The van der Waals surface area contributed by atoms with Crippen molar-refractivity contribution in [3.8, 4) is 11.5 Å². The Labute approximate surface area is 263 Å². The monoisotopic (exact) mass is 649 g/mol. The van der Waals surface area contributed by atoms with Crippen molar-refractivity contribution in [1.82, 2.24) is 10.2 Å². The van der Waals surface area contributed by atoms with Crippen LogP contribution in [0.15, 0.2) is 71.6 Å². The number of carbonyl (C=O) groups is 2. The Bertz CT molecular complexity index is 1520. The minimum atomic E-state index is -4.24. The molecule has 12 heteroatoms. The molecule has 232 valence electrons. The highest BCUT2D eigenvalue weighted by Gasteiger charge is 2.34. The van der Waals surface area contributed by atoms with E-state index in [0.717, 1.165) is 4.31 Å². The number of hydrogen-bond donors (Lipinski definition) is 1. The van der Waals surface area contributed by atoms with Crippen molar-refractivity contribution >= 4 is 50.7 Å². The summed E-state index contributed by atoms with van der Waals surface area (Å²) in [7, 11) is -1.34. The number of anilines is 1. The number of carbonyl (C=O) groups excluding carboxylic acids is 2. The Hall–Kier alpha value is -3.47. The van der Waals surface area contributed by atoms with E-state index < -0.39 is 28.5 Å². The molecule has 1 N–H and O–H groups in total. The maximum Gasteiger partial charge on any atom is 0.264 e. The third-order valence-corrected chi connectivity index (χ3v) is 9.38. The fourth-order valence-electron chi connectivity index (χ4n) is 4.42. The molecule has 0 saturated heterocycles. The second kappa shape index (κ2) is 15.3. The van der Waals surface area contributed by atoms with Crippen LogP contribution in [0.1, 0.15) is 39.2 Å². The number of sulfonamides is 1. The van der Waals surface area contributed by atoms with Crippen molar-refractivity contribution in [3.05, 3.63) is 82.3 Å². The number of benzene rings is 3. The van der Waals surface area contributed by atoms with Gasteiger partial charge in [-0.2, -0.15) is 0 Å². The summed E-state index contributed by atoms with van der Waals surface area (Å²) in [5.74, 6) is -0.281. The van der Waals surface area contributed by atoms with E-state index >= 15 is 0 Å². The van der Waals surface area contributed by atoms with Crippen LogP contribution in [0.4, 0.5) is 5.69 Å². The molecule has 3 aromatic carbocycles. The minimum Gasteiger partial charge on any atom is -0.493 e. The lowest BCUT2D eigenvalue weighted by molar-refractivity contribution is -0.140. The lowest BCUT2D eigenvalue weighted by atomic mass is 10.1. The first-order valence-electron chi connectivity index (χ1n) is 13.8. The number of ether oxygens (including phenoxy) is 2. The maximum absolute atomic E-state index is 14.2. The van der Waals surface area contributed by atoms with E-state index in [9.17, 15) is 18.0 Å². The van der Waals surface area contributed by atoms with Crippen LogP contribution in [0.3, 0.4) is 0 Å². The van der Waals surface area contributed by atoms with Crippen LogP contribution in [-0.4, -0.2) is 58.0 Å². The van der Waals surface area contributed by atoms with Gasteiger partial charge in [-0.05, 0) is 61.7 Å². The van der Waals surface area contributed by atoms with E-state index in [1.54, 1.807) is 49.4 Å². The fourth-order valence-corrected chi connectivity index (χ4v) is 6.32. The number of halogens is 2. The van der Waals surface area contributed by atoms with Gasteiger partial charge in [0.25, 0.3) is 10.0 Å². The predicted molar refractivity (Wildman–Crippen MR) is 170 cm³/mol. The third-order valence-electron chi connectivity index (χ3n) is 7.01. The van der Waals surface area contributed by atoms with E-state index in [2.05, 4.69) is 5.32 Å². The Morgan fingerprint density at radius 2 is 1.58 bits per heavy atom. The molecule has 0 aliphatic rings. The summed E-state index contributed by atoms with van der Waals surface area (Å²) >= 11 is 12.6. The topological polar surface area (TPSA) is 105 Å². The van der Waals surface area contributed by atoms with Crippen LogP contribution >= 0.6 is 23.2 Å². The largest absolute Gasteiger partial charge is 0.493 e. The summed E-state index contributed by atoms with van der Waals surface area (Å²) in [4.78, 5) is 29.0. The van der Waals surface area contributed by atoms with Crippen LogP contribution in [0.5, 0.6) is 11.5 Å². The quantitative estimate of drug-likeness (QED) is 0.232. The number of rotatable bonds is 14. The van der Waals surface area contributed by atoms with Gasteiger partial charge in [-0.25, -0.2) is 8.42 Å². The van der Waals surface area contributed by atoms with Crippen molar-refractivity contribution in [2.45, 2.75) is 57.1 Å². The van der Waals surface area contributed by atoms with Gasteiger partial charge in [-0.3, -0.25) is 13.9 Å². The zero-order valence-corrected chi connectivity index (χ0v) is 27.2. The first-order chi connectivity index (χ1) is 20.5. The number of hydrogen-bond acceptors (Lipinski definition) is 6. The van der Waals surface area contributed by atoms with Gasteiger partial charge in [0, 0.05) is 28.7 Å². The van der Waals surface area contributed by atoms with Crippen LogP contribution in [-0.2, 0) is 26.2 Å². The summed E-state index contributed by atoms with van der Waals surface area (Å²) in [6.45, 7) is 4.95. The number of amides is 2. The molecule has 0 bridgehead atoms. The molecule has 0 heterocycles. The average molecular weight is 651 g/mol. The zero-order valence-electron chi connectivity index (χ0n) is 24.8. The summed E-state index contributed by atoms with van der Waals surface area (Å²) < 4.78 is 39.8. The molecular formula is C31H37Cl2N3O6S. The van der Waals surface area contributed by atoms with E-state index in [-0.39, 0.29) is 41.2 Å². The molecule has 0 fully saturated rings. The predicted octanol–water partition coefficient (Wildman–Crippen LogP) is 5.93. The molecule has 3 aromatic rings. The summed E-state index contributed by atoms with van der Waals surface area (Å²) in [6.07, 6.45) is 0.975. The van der Waals surface area contributed by atoms with Crippen molar-refractivity contribution in [2.24, 2.45) is 0 Å². The smallest absolute Gasteiger partial charge is 0.264 e. The number of nitrogens with zero attached hydrogens (tertiary/aromatic N) is 2. The molecule has 9 nitrogen and oxygen atoms in total. The van der Waals surface area contributed by atoms with Crippen molar-refractivity contribution < 1.29 is 27.5 Å². The van der Waals surface area contributed by atoms with Gasteiger partial charge in [0.2, 0.25) is 11.8 Å². The van der Waals surface area contributed by atoms with Crippen LogP contribution in [0, 0.1) is 0 Å². The van der Waals surface area contributed by atoms with Crippen molar-refractivity contribution in [3.63, 3.8) is 0 Å². The molecule has 0 aromatic heterocycles. The molecule has 0 spiro atoms. The Morgan fingerprint density at radius 1 is 0.907 bits per heavy atom. The standard InChI is InChI=1S/C31H37Cl2N3O6S/c1-6-21(3)34-31(38)27(7-2)35(19-22-13-14-23(32)17-26(22)33)30(37)20-36(43(39,40)25-11-9-8-10-12-25)24-15-16-28(41-4)29(18-24)42-5/h8-18,21,27H,6-7,19-20H2,1-5H3,(H,34,38). The van der Waals surface area contributed by atoms with Crippen LogP contribution in [0.25, 0.3) is 0 Å². The highest BCUT2D eigenvalue weighted by atomic mass is 35.5. The van der Waals surface area contributed by atoms with Gasteiger partial charge in [0.15, 0.2) is 11.5 Å². The molecule has 3 rings (SSSR count). The summed E-state index contributed by atoms with van der Waals surface area (Å²) in [5.41, 5.74) is 0.731. The van der Waals surface area contributed by atoms with E-state index in [0.29, 0.717) is 27.8 Å². The van der Waals surface area contributed by atoms with Crippen molar-refractivity contribution in [2.75, 3.05) is 25.1 Å². The van der Waals surface area contributed by atoms with Crippen molar-refractivity contribution in [1.29, 1.82) is 0 Å².